The van der Waals surface area contributed by atoms with E-state index in [1.165, 1.54) is 0 Å². The van der Waals surface area contributed by atoms with Crippen LogP contribution in [0.15, 0.2) is 24.3 Å². The number of hydrogen-bond donors (Lipinski definition) is 0. The standard InChI is InChI=1S/C16H28S2Si4.2BrH.2Mg/c1-19(2,15-11-9-13-17-15)21(5,6)22(7,8)20(3,4)16-12-10-14-18-16;;;;/h9-12H,1-8H3;2*1H;;/q-2;;;2*+2/p-2. The quantitative estimate of drug-likeness (QED) is 0.270. The molecule has 2 heterocycles. The first kappa shape index (κ1) is 33.4. The van der Waals surface area contributed by atoms with Crippen molar-refractivity contribution < 1.29 is 34.0 Å². The second kappa shape index (κ2) is 12.0. The maximum absolute atomic E-state index is 3.35. The predicted molar refractivity (Wildman–Crippen MR) is 127 cm³/mol. The summed E-state index contributed by atoms with van der Waals surface area (Å²) in [6.07, 6.45) is 0. The smallest absolute Gasteiger partial charge is 1.00 e. The minimum atomic E-state index is -1.40. The van der Waals surface area contributed by atoms with Crippen LogP contribution >= 0.6 is 22.7 Å². The summed E-state index contributed by atoms with van der Waals surface area (Å²) in [5.41, 5.74) is 0. The Hall–Kier alpha value is 2.76. The maximum Gasteiger partial charge on any atom is 2.00 e. The van der Waals surface area contributed by atoms with Crippen LogP contribution in [0.1, 0.15) is 0 Å². The van der Waals surface area contributed by atoms with Gasteiger partial charge in [0.25, 0.3) is 0 Å². The molecule has 0 fully saturated rings. The molecule has 0 atom stereocenters. The van der Waals surface area contributed by atoms with E-state index >= 15 is 0 Å². The Labute approximate surface area is 225 Å². The normalized spacial score (nSPS) is 12.2. The Kier molecular flexibility index (Phi) is 15.4. The van der Waals surface area contributed by atoms with Gasteiger partial charge in [0.05, 0.1) is 0 Å². The number of hydrogen-bond acceptors (Lipinski definition) is 2. The number of halogens is 2. The van der Waals surface area contributed by atoms with Crippen LogP contribution in [-0.2, 0) is 0 Å². The summed E-state index contributed by atoms with van der Waals surface area (Å²) in [4.78, 5) is 0. The van der Waals surface area contributed by atoms with Crippen LogP contribution in [0.2, 0.25) is 52.4 Å². The van der Waals surface area contributed by atoms with Gasteiger partial charge in [0.1, 0.15) is 0 Å². The summed E-state index contributed by atoms with van der Waals surface area (Å²) in [6.45, 7) is 21.4. The Bertz CT molecular complexity index is 574. The van der Waals surface area contributed by atoms with E-state index in [1.54, 1.807) is 9.00 Å². The van der Waals surface area contributed by atoms with Gasteiger partial charge in [0.2, 0.25) is 0 Å². The molecule has 0 N–H and O–H groups in total. The molecule has 2 aromatic heterocycles. The first-order valence-corrected chi connectivity index (χ1v) is 24.5. The molecular formula is C16H28Br2Mg2S2Si4. The minimum Gasteiger partial charge on any atom is -1.00 e. The molecular weight excluding hydrogens is 577 g/mol. The molecule has 0 aliphatic carbocycles. The minimum absolute atomic E-state index is 0. The maximum atomic E-state index is 3.35. The van der Waals surface area contributed by atoms with Crippen molar-refractivity contribution in [1.82, 2.24) is 0 Å². The number of thiophene rings is 2. The second-order valence-corrected chi connectivity index (χ2v) is 50.4. The van der Waals surface area contributed by atoms with Gasteiger partial charge in [-0.25, -0.2) is 12.1 Å². The molecule has 0 amide bonds. The van der Waals surface area contributed by atoms with E-state index < -0.39 is 29.4 Å². The molecule has 138 valence electrons. The Balaban J connectivity index is -0.00000132. The molecule has 0 saturated heterocycles. The van der Waals surface area contributed by atoms with Gasteiger partial charge < -0.3 is 56.6 Å². The zero-order chi connectivity index (χ0) is 16.8. The molecule has 0 aliphatic rings. The summed E-state index contributed by atoms with van der Waals surface area (Å²) in [5.74, 6) is 0. The van der Waals surface area contributed by atoms with Gasteiger partial charge in [-0.05, 0) is 0 Å². The largest absolute Gasteiger partial charge is 2.00 e. The van der Waals surface area contributed by atoms with Crippen LogP contribution in [0, 0.1) is 10.8 Å². The van der Waals surface area contributed by atoms with Crippen molar-refractivity contribution in [3.05, 3.63) is 35.0 Å². The zero-order valence-corrected chi connectivity index (χ0v) is 28.9. The van der Waals surface area contributed by atoms with Gasteiger partial charge in [-0.2, -0.15) is 21.1 Å². The molecule has 26 heavy (non-hydrogen) atoms. The summed E-state index contributed by atoms with van der Waals surface area (Å²) in [6, 6.07) is 8.99. The molecule has 0 unspecified atom stereocenters. The first-order valence-electron chi connectivity index (χ1n) is 7.89. The van der Waals surface area contributed by atoms with E-state index in [-0.39, 0.29) is 80.1 Å². The van der Waals surface area contributed by atoms with Crippen molar-refractivity contribution in [2.75, 3.05) is 0 Å². The number of rotatable bonds is 5. The van der Waals surface area contributed by atoms with Crippen molar-refractivity contribution in [3.8, 4) is 0 Å². The molecule has 0 aliphatic heterocycles. The van der Waals surface area contributed by atoms with Crippen molar-refractivity contribution in [2.45, 2.75) is 52.4 Å². The molecule has 10 heteroatoms. The van der Waals surface area contributed by atoms with Crippen LogP contribution in [0.4, 0.5) is 0 Å². The predicted octanol–water partition coefficient (Wildman–Crippen LogP) is -2.16. The van der Waals surface area contributed by atoms with E-state index in [2.05, 4.69) is 87.4 Å². The fraction of sp³-hybridized carbons (Fsp3) is 0.500. The summed E-state index contributed by atoms with van der Waals surface area (Å²) in [5, 5.41) is 6.70. The third-order valence-electron chi connectivity index (χ3n) is 6.86. The van der Waals surface area contributed by atoms with E-state index in [0.29, 0.717) is 0 Å². The van der Waals surface area contributed by atoms with E-state index in [1.807, 2.05) is 22.7 Å². The van der Waals surface area contributed by atoms with Crippen LogP contribution < -0.4 is 43.0 Å². The molecule has 2 aromatic rings. The fourth-order valence-electron chi connectivity index (χ4n) is 3.33. The van der Waals surface area contributed by atoms with Crippen molar-refractivity contribution in [3.63, 3.8) is 0 Å². The zero-order valence-electron chi connectivity index (χ0n) is 17.3. The van der Waals surface area contributed by atoms with Crippen LogP contribution in [-0.4, -0.2) is 75.5 Å². The summed E-state index contributed by atoms with van der Waals surface area (Å²) in [7, 11) is -5.45. The molecule has 0 spiro atoms. The van der Waals surface area contributed by atoms with Gasteiger partial charge in [-0.1, -0.05) is 52.4 Å². The third-order valence-corrected chi connectivity index (χ3v) is 79.5. The van der Waals surface area contributed by atoms with Crippen LogP contribution in [0.3, 0.4) is 0 Å². The van der Waals surface area contributed by atoms with E-state index in [4.69, 9.17) is 0 Å². The summed E-state index contributed by atoms with van der Waals surface area (Å²) >= 11 is 3.77. The van der Waals surface area contributed by atoms with Crippen molar-refractivity contribution >= 4 is 107 Å². The fourth-order valence-corrected chi connectivity index (χ4v) is 80.0. The van der Waals surface area contributed by atoms with Gasteiger partial charge in [-0.15, -0.1) is 10.8 Å². The molecule has 0 saturated carbocycles. The average Bonchev–Trinajstić information content (AvgIpc) is 3.11. The molecule has 0 aromatic carbocycles. The second-order valence-electron chi connectivity index (χ2n) is 8.33. The van der Waals surface area contributed by atoms with Crippen LogP contribution in [0.25, 0.3) is 0 Å². The third kappa shape index (κ3) is 5.71. The van der Waals surface area contributed by atoms with Crippen molar-refractivity contribution in [2.24, 2.45) is 0 Å². The van der Waals surface area contributed by atoms with Crippen molar-refractivity contribution in [1.29, 1.82) is 0 Å². The average molecular weight is 605 g/mol. The molecule has 2 rings (SSSR count). The Morgan fingerprint density at radius 2 is 0.885 bits per heavy atom. The van der Waals surface area contributed by atoms with Gasteiger partial charge in [0.15, 0.2) is 0 Å². The van der Waals surface area contributed by atoms with E-state index in [9.17, 15) is 0 Å². The molecule has 0 radical (unpaired) electrons. The van der Waals surface area contributed by atoms with E-state index in [0.717, 1.165) is 0 Å². The van der Waals surface area contributed by atoms with Gasteiger partial charge in [-0.3, -0.25) is 0 Å². The Morgan fingerprint density at radius 1 is 0.615 bits per heavy atom. The summed E-state index contributed by atoms with van der Waals surface area (Å²) < 4.78 is 3.35. The SMILES string of the molecule is C[Si](C)(c1cc[c-]s1)[Si](C)(C)[Si](C)(C)[Si](C)(C)c1cc[c-]s1.[Br-].[Br-].[Mg+2].[Mg+2]. The van der Waals surface area contributed by atoms with Gasteiger partial charge >= 0.3 is 46.1 Å². The molecule has 0 nitrogen and oxygen atoms in total. The topological polar surface area (TPSA) is 0 Å². The Morgan fingerprint density at radius 3 is 1.08 bits per heavy atom. The molecule has 0 bridgehead atoms. The van der Waals surface area contributed by atoms with Gasteiger partial charge in [0, 0.05) is 29.4 Å². The van der Waals surface area contributed by atoms with Crippen LogP contribution in [0.5, 0.6) is 0 Å². The monoisotopic (exact) mass is 602 g/mol. The first-order chi connectivity index (χ1) is 9.96.